The van der Waals surface area contributed by atoms with E-state index in [2.05, 4.69) is 30.8 Å². The number of nitrogens with zero attached hydrogens (tertiary/aromatic N) is 4. The molecule has 0 unspecified atom stereocenters. The minimum absolute atomic E-state index is 0. The normalized spacial score (nSPS) is 10.9. The van der Waals surface area contributed by atoms with E-state index >= 15 is 0 Å². The summed E-state index contributed by atoms with van der Waals surface area (Å²) >= 11 is 5.88. The number of nitrogens with one attached hydrogen (secondary N) is 2. The van der Waals surface area contributed by atoms with Gasteiger partial charge in [-0.3, -0.25) is 9.98 Å². The van der Waals surface area contributed by atoms with Gasteiger partial charge in [-0.1, -0.05) is 22.8 Å². The highest BCUT2D eigenvalue weighted by atomic mass is 127. The average molecular weight is 485 g/mol. The fourth-order valence-electron chi connectivity index (χ4n) is 2.10. The molecule has 0 fully saturated rings. The molecule has 0 spiro atoms. The first-order valence-corrected chi connectivity index (χ1v) is 8.05. The van der Waals surface area contributed by atoms with Crippen LogP contribution in [0, 0.1) is 0 Å². The van der Waals surface area contributed by atoms with Gasteiger partial charge in [0.05, 0.1) is 18.8 Å². The molecule has 3 aromatic rings. The van der Waals surface area contributed by atoms with Crippen molar-refractivity contribution >= 4 is 41.5 Å². The molecule has 2 aromatic heterocycles. The Hall–Kier alpha value is -2.20. The topological polar surface area (TPSA) is 88.2 Å². The van der Waals surface area contributed by atoms with Crippen LogP contribution in [-0.2, 0) is 13.1 Å². The zero-order valence-electron chi connectivity index (χ0n) is 14.0. The van der Waals surface area contributed by atoms with Gasteiger partial charge in [-0.2, -0.15) is 4.98 Å². The first kappa shape index (κ1) is 20.1. The number of aromatic nitrogens is 3. The van der Waals surface area contributed by atoms with Crippen molar-refractivity contribution in [2.45, 2.75) is 13.1 Å². The van der Waals surface area contributed by atoms with Crippen molar-refractivity contribution in [3.05, 3.63) is 65.3 Å². The minimum atomic E-state index is 0. The molecule has 26 heavy (non-hydrogen) atoms. The number of guanidine groups is 1. The molecule has 136 valence electrons. The van der Waals surface area contributed by atoms with Gasteiger partial charge in [0.15, 0.2) is 5.96 Å². The molecular formula is C17H18ClIN6O. The molecule has 9 heteroatoms. The summed E-state index contributed by atoms with van der Waals surface area (Å²) in [7, 11) is 1.70. The van der Waals surface area contributed by atoms with Gasteiger partial charge in [0.25, 0.3) is 0 Å². The van der Waals surface area contributed by atoms with Gasteiger partial charge in [-0.15, -0.1) is 24.0 Å². The highest BCUT2D eigenvalue weighted by Crippen LogP contribution is 2.18. The molecule has 0 bridgehead atoms. The molecule has 0 aliphatic heterocycles. The van der Waals surface area contributed by atoms with Crippen molar-refractivity contribution in [2.24, 2.45) is 4.99 Å². The predicted octanol–water partition coefficient (Wildman–Crippen LogP) is 3.27. The minimum Gasteiger partial charge on any atom is -0.351 e. The maximum atomic E-state index is 5.88. The number of pyridine rings is 1. The lowest BCUT2D eigenvalue weighted by molar-refractivity contribution is 0.375. The second-order valence-electron chi connectivity index (χ2n) is 5.12. The van der Waals surface area contributed by atoms with Crippen LogP contribution in [0.15, 0.2) is 58.2 Å². The van der Waals surface area contributed by atoms with Gasteiger partial charge in [0.2, 0.25) is 11.7 Å². The molecule has 1 aromatic carbocycles. The molecule has 0 saturated carbocycles. The number of halogens is 2. The third-order valence-electron chi connectivity index (χ3n) is 3.36. The van der Waals surface area contributed by atoms with E-state index in [1.807, 2.05) is 30.3 Å². The average Bonchev–Trinajstić information content (AvgIpc) is 3.12. The fraction of sp³-hybridized carbons (Fsp3) is 0.176. The Kier molecular flexibility index (Phi) is 7.79. The van der Waals surface area contributed by atoms with Crippen molar-refractivity contribution in [1.29, 1.82) is 0 Å². The van der Waals surface area contributed by atoms with E-state index in [0.29, 0.717) is 35.8 Å². The number of hydrogen-bond acceptors (Lipinski definition) is 5. The van der Waals surface area contributed by atoms with Crippen molar-refractivity contribution < 1.29 is 4.52 Å². The van der Waals surface area contributed by atoms with Crippen LogP contribution in [0.3, 0.4) is 0 Å². The maximum absolute atomic E-state index is 5.88. The van der Waals surface area contributed by atoms with Crippen LogP contribution in [0.1, 0.15) is 11.6 Å². The lowest BCUT2D eigenvalue weighted by Crippen LogP contribution is -2.36. The van der Waals surface area contributed by atoms with Gasteiger partial charge < -0.3 is 15.2 Å². The van der Waals surface area contributed by atoms with Crippen LogP contribution in [0.5, 0.6) is 0 Å². The van der Waals surface area contributed by atoms with E-state index in [4.69, 9.17) is 16.1 Å². The third kappa shape index (κ3) is 5.67. The molecule has 0 radical (unpaired) electrons. The number of benzene rings is 1. The molecule has 0 aliphatic rings. The first-order valence-electron chi connectivity index (χ1n) is 7.67. The molecule has 0 atom stereocenters. The van der Waals surface area contributed by atoms with E-state index in [1.54, 1.807) is 25.4 Å². The highest BCUT2D eigenvalue weighted by molar-refractivity contribution is 14.0. The summed E-state index contributed by atoms with van der Waals surface area (Å²) in [5, 5.41) is 10.9. The summed E-state index contributed by atoms with van der Waals surface area (Å²) in [6.45, 7) is 0.933. The second-order valence-corrected chi connectivity index (χ2v) is 5.56. The Bertz CT molecular complexity index is 838. The monoisotopic (exact) mass is 484 g/mol. The largest absolute Gasteiger partial charge is 0.351 e. The Morgan fingerprint density at radius 3 is 2.58 bits per heavy atom. The van der Waals surface area contributed by atoms with Gasteiger partial charge in [0, 0.05) is 23.8 Å². The van der Waals surface area contributed by atoms with Crippen molar-refractivity contribution in [2.75, 3.05) is 7.05 Å². The molecule has 7 nitrogen and oxygen atoms in total. The van der Waals surface area contributed by atoms with Gasteiger partial charge in [0.1, 0.15) is 0 Å². The van der Waals surface area contributed by atoms with Crippen LogP contribution < -0.4 is 10.6 Å². The Morgan fingerprint density at radius 1 is 1.12 bits per heavy atom. The summed E-state index contributed by atoms with van der Waals surface area (Å²) in [6.07, 6.45) is 1.75. The summed E-state index contributed by atoms with van der Waals surface area (Å²) in [6, 6.07) is 13.0. The fourth-order valence-corrected chi connectivity index (χ4v) is 2.23. The van der Waals surface area contributed by atoms with E-state index in [-0.39, 0.29) is 24.0 Å². The zero-order valence-corrected chi connectivity index (χ0v) is 17.1. The van der Waals surface area contributed by atoms with Crippen molar-refractivity contribution in [3.63, 3.8) is 0 Å². The second kappa shape index (κ2) is 10.1. The number of aliphatic imine (C=N–C) groups is 1. The zero-order chi connectivity index (χ0) is 17.5. The smallest absolute Gasteiger partial charge is 0.246 e. The SMILES string of the molecule is CN=C(NCc1ccccn1)NCc1nc(-c2ccc(Cl)cc2)no1.I. The van der Waals surface area contributed by atoms with Crippen LogP contribution in [0.25, 0.3) is 11.4 Å². The lowest BCUT2D eigenvalue weighted by Gasteiger charge is -2.09. The van der Waals surface area contributed by atoms with Gasteiger partial charge in [-0.05, 0) is 36.4 Å². The molecular weight excluding hydrogens is 467 g/mol. The summed E-state index contributed by atoms with van der Waals surface area (Å²) in [4.78, 5) is 12.8. The van der Waals surface area contributed by atoms with E-state index in [1.165, 1.54) is 0 Å². The quantitative estimate of drug-likeness (QED) is 0.328. The van der Waals surface area contributed by atoms with Crippen LogP contribution in [-0.4, -0.2) is 28.1 Å². The van der Waals surface area contributed by atoms with Gasteiger partial charge in [-0.25, -0.2) is 0 Å². The van der Waals surface area contributed by atoms with Crippen LogP contribution in [0.4, 0.5) is 0 Å². The number of hydrogen-bond donors (Lipinski definition) is 2. The molecule has 3 rings (SSSR count). The van der Waals surface area contributed by atoms with Crippen molar-refractivity contribution in [3.8, 4) is 11.4 Å². The van der Waals surface area contributed by atoms with E-state index < -0.39 is 0 Å². The molecule has 2 N–H and O–H groups in total. The van der Waals surface area contributed by atoms with E-state index in [0.717, 1.165) is 11.3 Å². The first-order chi connectivity index (χ1) is 12.2. The van der Waals surface area contributed by atoms with E-state index in [9.17, 15) is 0 Å². The maximum Gasteiger partial charge on any atom is 0.246 e. The molecule has 0 amide bonds. The summed E-state index contributed by atoms with van der Waals surface area (Å²) in [5.41, 5.74) is 1.77. The lowest BCUT2D eigenvalue weighted by atomic mass is 10.2. The summed E-state index contributed by atoms with van der Waals surface area (Å²) < 4.78 is 5.26. The Balaban J connectivity index is 0.00000243. The molecule has 2 heterocycles. The number of rotatable bonds is 5. The Morgan fingerprint density at radius 2 is 1.88 bits per heavy atom. The highest BCUT2D eigenvalue weighted by Gasteiger charge is 2.09. The molecule has 0 saturated heterocycles. The van der Waals surface area contributed by atoms with Gasteiger partial charge >= 0.3 is 0 Å². The Labute approximate surface area is 173 Å². The van der Waals surface area contributed by atoms with Crippen molar-refractivity contribution in [1.82, 2.24) is 25.8 Å². The third-order valence-corrected chi connectivity index (χ3v) is 3.62. The summed E-state index contributed by atoms with van der Waals surface area (Å²) in [5.74, 6) is 1.60. The van der Waals surface area contributed by atoms with Crippen LogP contribution in [0.2, 0.25) is 5.02 Å². The van der Waals surface area contributed by atoms with Crippen LogP contribution >= 0.6 is 35.6 Å². The standard InChI is InChI=1S/C17H17ClN6O.HI/c1-19-17(21-10-14-4-2-3-9-20-14)22-11-15-23-16(24-25-15)12-5-7-13(18)8-6-12;/h2-9H,10-11H2,1H3,(H2,19,21,22);1H. The molecule has 0 aliphatic carbocycles. The predicted molar refractivity (Wildman–Crippen MR) is 111 cm³/mol.